The molecule has 1 heterocycles. The molecular weight excluding hydrogens is 212 g/mol. The maximum Gasteiger partial charge on any atom is 0.198 e. The van der Waals surface area contributed by atoms with Gasteiger partial charge in [-0.05, 0) is 37.0 Å². The van der Waals surface area contributed by atoms with Gasteiger partial charge >= 0.3 is 0 Å². The molecule has 0 atom stereocenters. The van der Waals surface area contributed by atoms with E-state index in [2.05, 4.69) is 36.3 Å². The molecule has 1 saturated carbocycles. The van der Waals surface area contributed by atoms with E-state index in [1.165, 1.54) is 12.8 Å². The van der Waals surface area contributed by atoms with Gasteiger partial charge in [-0.25, -0.2) is 4.98 Å². The van der Waals surface area contributed by atoms with Gasteiger partial charge in [-0.1, -0.05) is 13.8 Å². The fourth-order valence-electron chi connectivity index (χ4n) is 1.88. The van der Waals surface area contributed by atoms with Gasteiger partial charge in [0.25, 0.3) is 0 Å². The molecule has 3 nitrogen and oxygen atoms in total. The van der Waals surface area contributed by atoms with Crippen LogP contribution in [0.4, 0.5) is 5.69 Å². The fourth-order valence-corrected chi connectivity index (χ4v) is 1.88. The van der Waals surface area contributed by atoms with Crippen LogP contribution >= 0.6 is 0 Å². The molecule has 3 rings (SSSR count). The van der Waals surface area contributed by atoms with Crippen molar-refractivity contribution >= 4 is 16.8 Å². The molecule has 0 unspecified atom stereocenters. The average molecular weight is 230 g/mol. The molecule has 3 heteroatoms. The van der Waals surface area contributed by atoms with Crippen LogP contribution in [0.5, 0.6) is 0 Å². The second kappa shape index (κ2) is 4.06. The first kappa shape index (κ1) is 10.6. The van der Waals surface area contributed by atoms with Crippen LogP contribution in [0.15, 0.2) is 22.6 Å². The van der Waals surface area contributed by atoms with E-state index in [0.29, 0.717) is 11.8 Å². The molecule has 1 aliphatic carbocycles. The molecule has 1 aromatic carbocycles. The minimum Gasteiger partial charge on any atom is -0.440 e. The summed E-state index contributed by atoms with van der Waals surface area (Å²) in [5, 5.41) is 3.41. The van der Waals surface area contributed by atoms with Gasteiger partial charge in [0.1, 0.15) is 5.52 Å². The van der Waals surface area contributed by atoms with Gasteiger partial charge in [-0.2, -0.15) is 0 Å². The number of hydrogen-bond donors (Lipinski definition) is 1. The van der Waals surface area contributed by atoms with E-state index in [9.17, 15) is 0 Å². The quantitative estimate of drug-likeness (QED) is 0.868. The molecule has 0 amide bonds. The highest BCUT2D eigenvalue weighted by atomic mass is 16.3. The lowest BCUT2D eigenvalue weighted by Crippen LogP contribution is -2.07. The number of nitrogens with one attached hydrogen (secondary N) is 1. The Hall–Kier alpha value is -1.51. The molecular formula is C14H18N2O. The Labute approximate surface area is 101 Å². The highest BCUT2D eigenvalue weighted by Crippen LogP contribution is 2.40. The smallest absolute Gasteiger partial charge is 0.198 e. The second-order valence-corrected chi connectivity index (χ2v) is 5.28. The summed E-state index contributed by atoms with van der Waals surface area (Å²) in [6.45, 7) is 5.39. The Balaban J connectivity index is 1.84. The minimum atomic E-state index is 0.578. The van der Waals surface area contributed by atoms with Gasteiger partial charge in [-0.3, -0.25) is 0 Å². The number of nitrogens with zero attached hydrogens (tertiary/aromatic N) is 1. The van der Waals surface area contributed by atoms with E-state index in [4.69, 9.17) is 4.42 Å². The van der Waals surface area contributed by atoms with Gasteiger partial charge in [0.05, 0.1) is 0 Å². The normalized spacial score (nSPS) is 15.7. The highest BCUT2D eigenvalue weighted by Gasteiger charge is 2.28. The van der Waals surface area contributed by atoms with E-state index < -0.39 is 0 Å². The largest absolute Gasteiger partial charge is 0.440 e. The third-order valence-corrected chi connectivity index (χ3v) is 3.05. The van der Waals surface area contributed by atoms with Crippen LogP contribution in [-0.4, -0.2) is 11.5 Å². The van der Waals surface area contributed by atoms with Crippen molar-refractivity contribution in [2.75, 3.05) is 11.9 Å². The van der Waals surface area contributed by atoms with Gasteiger partial charge in [-0.15, -0.1) is 0 Å². The van der Waals surface area contributed by atoms with Crippen molar-refractivity contribution in [3.63, 3.8) is 0 Å². The van der Waals surface area contributed by atoms with Gasteiger partial charge in [0.15, 0.2) is 11.5 Å². The zero-order chi connectivity index (χ0) is 11.8. The molecule has 17 heavy (non-hydrogen) atoms. The summed E-state index contributed by atoms with van der Waals surface area (Å²) in [5.41, 5.74) is 3.00. The summed E-state index contributed by atoms with van der Waals surface area (Å²) < 4.78 is 5.73. The lowest BCUT2D eigenvalue weighted by atomic mass is 10.2. The molecule has 2 aromatic rings. The van der Waals surface area contributed by atoms with Gasteiger partial charge in [0, 0.05) is 18.2 Å². The van der Waals surface area contributed by atoms with Crippen LogP contribution in [0, 0.1) is 5.92 Å². The van der Waals surface area contributed by atoms with Crippen LogP contribution in [-0.2, 0) is 0 Å². The Kier molecular flexibility index (Phi) is 2.54. The Morgan fingerprint density at radius 2 is 2.24 bits per heavy atom. The Morgan fingerprint density at radius 1 is 1.41 bits per heavy atom. The zero-order valence-electron chi connectivity index (χ0n) is 10.4. The second-order valence-electron chi connectivity index (χ2n) is 5.28. The third-order valence-electron chi connectivity index (χ3n) is 3.05. The van der Waals surface area contributed by atoms with E-state index >= 15 is 0 Å². The lowest BCUT2D eigenvalue weighted by Gasteiger charge is -2.07. The molecule has 1 aromatic heterocycles. The first-order chi connectivity index (χ1) is 8.22. The summed E-state index contributed by atoms with van der Waals surface area (Å²) in [6, 6.07) is 6.15. The summed E-state index contributed by atoms with van der Waals surface area (Å²) in [4.78, 5) is 4.56. The summed E-state index contributed by atoms with van der Waals surface area (Å²) in [7, 11) is 0. The number of anilines is 1. The van der Waals surface area contributed by atoms with Gasteiger partial charge < -0.3 is 9.73 Å². The van der Waals surface area contributed by atoms with Crippen LogP contribution in [0.2, 0.25) is 0 Å². The number of hydrogen-bond acceptors (Lipinski definition) is 3. The molecule has 90 valence electrons. The Bertz CT molecular complexity index is 526. The minimum absolute atomic E-state index is 0.578. The molecule has 0 radical (unpaired) electrons. The van der Waals surface area contributed by atoms with Crippen molar-refractivity contribution in [1.29, 1.82) is 0 Å². The average Bonchev–Trinajstić information content (AvgIpc) is 3.06. The number of oxazole rings is 1. The summed E-state index contributed by atoms with van der Waals surface area (Å²) in [5.74, 6) is 2.14. The number of aromatic nitrogens is 1. The van der Waals surface area contributed by atoms with E-state index in [-0.39, 0.29) is 0 Å². The zero-order valence-corrected chi connectivity index (χ0v) is 10.4. The highest BCUT2D eigenvalue weighted by molar-refractivity contribution is 5.77. The number of rotatable bonds is 4. The summed E-state index contributed by atoms with van der Waals surface area (Å²) in [6.07, 6.45) is 2.45. The van der Waals surface area contributed by atoms with Crippen LogP contribution in [0.1, 0.15) is 38.5 Å². The Morgan fingerprint density at radius 3 is 2.94 bits per heavy atom. The van der Waals surface area contributed by atoms with Crippen molar-refractivity contribution in [3.05, 3.63) is 24.1 Å². The molecule has 0 bridgehead atoms. The topological polar surface area (TPSA) is 38.1 Å². The third kappa shape index (κ3) is 2.28. The first-order valence-corrected chi connectivity index (χ1v) is 6.37. The van der Waals surface area contributed by atoms with Crippen LogP contribution in [0.3, 0.4) is 0 Å². The van der Waals surface area contributed by atoms with Crippen molar-refractivity contribution in [1.82, 2.24) is 4.98 Å². The van der Waals surface area contributed by atoms with Crippen molar-refractivity contribution in [2.24, 2.45) is 5.92 Å². The lowest BCUT2D eigenvalue weighted by molar-refractivity contribution is 0.533. The molecule has 1 aliphatic rings. The van der Waals surface area contributed by atoms with Crippen molar-refractivity contribution in [2.45, 2.75) is 32.6 Å². The van der Waals surface area contributed by atoms with Crippen molar-refractivity contribution < 1.29 is 4.42 Å². The molecule has 1 N–H and O–H groups in total. The summed E-state index contributed by atoms with van der Waals surface area (Å²) >= 11 is 0. The maximum absolute atomic E-state index is 5.73. The molecule has 0 aliphatic heterocycles. The maximum atomic E-state index is 5.73. The van der Waals surface area contributed by atoms with E-state index in [1.807, 2.05) is 6.07 Å². The number of fused-ring (bicyclic) bond motifs is 1. The van der Waals surface area contributed by atoms with E-state index in [0.717, 1.165) is 29.2 Å². The van der Waals surface area contributed by atoms with Crippen LogP contribution < -0.4 is 5.32 Å². The predicted molar refractivity (Wildman–Crippen MR) is 69.3 cm³/mol. The first-order valence-electron chi connectivity index (χ1n) is 6.37. The van der Waals surface area contributed by atoms with E-state index in [1.54, 1.807) is 0 Å². The number of benzene rings is 1. The fraction of sp³-hybridized carbons (Fsp3) is 0.500. The standard InChI is InChI=1S/C14H18N2O/c1-9(2)8-15-11-5-6-13-12(7-11)16-14(17-13)10-3-4-10/h5-7,9-10,15H,3-4,8H2,1-2H3. The molecule has 0 spiro atoms. The van der Waals surface area contributed by atoms with Gasteiger partial charge in [0.2, 0.25) is 0 Å². The molecule has 1 fully saturated rings. The van der Waals surface area contributed by atoms with Crippen molar-refractivity contribution in [3.8, 4) is 0 Å². The molecule has 0 saturated heterocycles. The monoisotopic (exact) mass is 230 g/mol. The SMILES string of the molecule is CC(C)CNc1ccc2oc(C3CC3)nc2c1. The predicted octanol–water partition coefficient (Wildman–Crippen LogP) is 3.77. The van der Waals surface area contributed by atoms with Crippen LogP contribution in [0.25, 0.3) is 11.1 Å².